The maximum Gasteiger partial charge on any atom is 0.318 e. The molecule has 156 valence electrons. The average molecular weight is 436 g/mol. The summed E-state index contributed by atoms with van der Waals surface area (Å²) in [5.74, 6) is 0.152. The van der Waals surface area contributed by atoms with Crippen LogP contribution in [0.3, 0.4) is 0 Å². The van der Waals surface area contributed by atoms with Crippen LogP contribution in [0.15, 0.2) is 42.6 Å². The van der Waals surface area contributed by atoms with Crippen LogP contribution in [-0.4, -0.2) is 47.2 Å². The van der Waals surface area contributed by atoms with Crippen LogP contribution in [0.1, 0.15) is 6.42 Å². The first-order chi connectivity index (χ1) is 15.1. The van der Waals surface area contributed by atoms with Gasteiger partial charge in [-0.2, -0.15) is 9.97 Å². The van der Waals surface area contributed by atoms with Gasteiger partial charge in [-0.3, -0.25) is 4.98 Å². The summed E-state index contributed by atoms with van der Waals surface area (Å²) in [4.78, 5) is 15.6. The van der Waals surface area contributed by atoms with Crippen molar-refractivity contribution in [3.8, 4) is 17.3 Å². The molecule has 6 nitrogen and oxygen atoms in total. The SMILES string of the molecule is COc1nc(N2CC3CC(C2)N3)c2cnc(-c3cccc4cccc(Cl)c34)c(F)c2n1. The van der Waals surface area contributed by atoms with E-state index >= 15 is 4.39 Å². The molecule has 0 radical (unpaired) electrons. The van der Waals surface area contributed by atoms with Gasteiger partial charge in [-0.1, -0.05) is 41.9 Å². The Labute approximate surface area is 183 Å². The molecule has 8 heteroatoms. The van der Waals surface area contributed by atoms with Gasteiger partial charge in [-0.25, -0.2) is 4.39 Å². The number of hydrogen-bond donors (Lipinski definition) is 1. The molecule has 2 unspecified atom stereocenters. The Bertz CT molecular complexity index is 1330. The Morgan fingerprint density at radius 1 is 1.13 bits per heavy atom. The maximum absolute atomic E-state index is 15.9. The summed E-state index contributed by atoms with van der Waals surface area (Å²) in [7, 11) is 1.49. The fourth-order valence-corrected chi connectivity index (χ4v) is 5.00. The van der Waals surface area contributed by atoms with Crippen LogP contribution in [0.2, 0.25) is 5.02 Å². The number of nitrogens with zero attached hydrogens (tertiary/aromatic N) is 4. The minimum Gasteiger partial charge on any atom is -0.467 e. The van der Waals surface area contributed by atoms with E-state index in [1.54, 1.807) is 12.3 Å². The Morgan fingerprint density at radius 3 is 2.61 bits per heavy atom. The van der Waals surface area contributed by atoms with Crippen LogP contribution in [0.5, 0.6) is 6.01 Å². The smallest absolute Gasteiger partial charge is 0.318 e. The van der Waals surface area contributed by atoms with Crippen molar-refractivity contribution in [2.24, 2.45) is 0 Å². The summed E-state index contributed by atoms with van der Waals surface area (Å²) in [6.45, 7) is 1.63. The highest BCUT2D eigenvalue weighted by atomic mass is 35.5. The molecular formula is C23H19ClFN5O. The van der Waals surface area contributed by atoms with Gasteiger partial charge in [-0.05, 0) is 17.9 Å². The van der Waals surface area contributed by atoms with E-state index in [4.69, 9.17) is 16.3 Å². The van der Waals surface area contributed by atoms with Gasteiger partial charge in [0.25, 0.3) is 0 Å². The van der Waals surface area contributed by atoms with Gasteiger partial charge in [0.05, 0.1) is 12.5 Å². The summed E-state index contributed by atoms with van der Waals surface area (Å²) in [6.07, 6.45) is 2.82. The average Bonchev–Trinajstić information content (AvgIpc) is 2.78. The maximum atomic E-state index is 15.9. The minimum atomic E-state index is -0.507. The topological polar surface area (TPSA) is 63.2 Å². The van der Waals surface area contributed by atoms with Gasteiger partial charge in [-0.15, -0.1) is 0 Å². The van der Waals surface area contributed by atoms with Crippen molar-refractivity contribution >= 4 is 39.1 Å². The molecule has 31 heavy (non-hydrogen) atoms. The van der Waals surface area contributed by atoms with E-state index in [1.165, 1.54) is 7.11 Å². The van der Waals surface area contributed by atoms with Crippen LogP contribution < -0.4 is 15.0 Å². The number of piperidine rings is 1. The number of benzene rings is 2. The number of methoxy groups -OCH3 is 1. The molecule has 2 bridgehead atoms. The summed E-state index contributed by atoms with van der Waals surface area (Å²) < 4.78 is 21.2. The summed E-state index contributed by atoms with van der Waals surface area (Å²) in [5, 5.41) is 6.32. The molecule has 3 saturated heterocycles. The first-order valence-electron chi connectivity index (χ1n) is 10.2. The first-order valence-corrected chi connectivity index (χ1v) is 10.6. The lowest BCUT2D eigenvalue weighted by Crippen LogP contribution is -2.67. The molecule has 0 spiro atoms. The monoisotopic (exact) mass is 435 g/mol. The number of nitrogens with one attached hydrogen (secondary N) is 1. The third kappa shape index (κ3) is 2.91. The molecule has 2 aromatic carbocycles. The van der Waals surface area contributed by atoms with Gasteiger partial charge in [0.15, 0.2) is 5.82 Å². The van der Waals surface area contributed by atoms with E-state index < -0.39 is 5.82 Å². The second kappa shape index (κ2) is 7.00. The normalized spacial score (nSPS) is 20.2. The van der Waals surface area contributed by atoms with Gasteiger partial charge < -0.3 is 15.0 Å². The van der Waals surface area contributed by atoms with Crippen LogP contribution in [0.25, 0.3) is 32.9 Å². The number of anilines is 1. The molecule has 3 aliphatic heterocycles. The lowest BCUT2D eigenvalue weighted by molar-refractivity contribution is 0.225. The quantitative estimate of drug-likeness (QED) is 0.520. The number of ether oxygens (including phenoxy) is 1. The van der Waals surface area contributed by atoms with E-state index in [0.29, 0.717) is 33.9 Å². The number of rotatable bonds is 3. The number of pyridine rings is 1. The van der Waals surface area contributed by atoms with Gasteiger partial charge in [0.1, 0.15) is 17.0 Å². The number of fused-ring (bicyclic) bond motifs is 4. The predicted molar refractivity (Wildman–Crippen MR) is 119 cm³/mol. The van der Waals surface area contributed by atoms with E-state index in [1.807, 2.05) is 30.3 Å². The summed E-state index contributed by atoms with van der Waals surface area (Å²) in [5.41, 5.74) is 1.04. The molecular weight excluding hydrogens is 417 g/mol. The third-order valence-electron chi connectivity index (χ3n) is 6.16. The van der Waals surface area contributed by atoms with Crippen molar-refractivity contribution in [3.63, 3.8) is 0 Å². The Balaban J connectivity index is 1.57. The highest BCUT2D eigenvalue weighted by Gasteiger charge is 2.38. The fraction of sp³-hybridized carbons (Fsp3) is 0.261. The molecule has 2 atom stereocenters. The van der Waals surface area contributed by atoms with Crippen LogP contribution in [0, 0.1) is 5.82 Å². The van der Waals surface area contributed by atoms with Crippen molar-refractivity contribution in [3.05, 3.63) is 53.4 Å². The van der Waals surface area contributed by atoms with Crippen LogP contribution in [-0.2, 0) is 0 Å². The zero-order chi connectivity index (χ0) is 21.1. The van der Waals surface area contributed by atoms with Crippen molar-refractivity contribution in [1.82, 2.24) is 20.3 Å². The van der Waals surface area contributed by atoms with Crippen molar-refractivity contribution < 1.29 is 9.13 Å². The second-order valence-corrected chi connectivity index (χ2v) is 8.47. The standard InChI is InChI=1S/C23H19ClFN5O/c1-31-23-28-21-16(22(29-23)30-10-13-8-14(11-30)27-13)9-26-20(19(21)25)15-6-2-4-12-5-3-7-17(24)18(12)15/h2-7,9,13-14,27H,8,10-11H2,1H3. The second-order valence-electron chi connectivity index (χ2n) is 8.06. The molecule has 3 fully saturated rings. The fourth-order valence-electron chi connectivity index (χ4n) is 4.72. The summed E-state index contributed by atoms with van der Waals surface area (Å²) >= 11 is 6.47. The number of piperazine rings is 1. The van der Waals surface area contributed by atoms with Gasteiger partial charge in [0, 0.05) is 47.3 Å². The molecule has 0 aliphatic carbocycles. The van der Waals surface area contributed by atoms with E-state index in [9.17, 15) is 0 Å². The molecule has 3 aliphatic rings. The summed E-state index contributed by atoms with van der Waals surface area (Å²) in [6, 6.07) is 12.3. The van der Waals surface area contributed by atoms with Crippen LogP contribution in [0.4, 0.5) is 10.2 Å². The number of aromatic nitrogens is 3. The Kier molecular flexibility index (Phi) is 4.23. The van der Waals surface area contributed by atoms with E-state index in [-0.39, 0.29) is 17.2 Å². The lowest BCUT2D eigenvalue weighted by Gasteiger charge is -2.48. The lowest BCUT2D eigenvalue weighted by atomic mass is 9.91. The van der Waals surface area contributed by atoms with Crippen LogP contribution >= 0.6 is 11.6 Å². The van der Waals surface area contributed by atoms with E-state index in [0.717, 1.165) is 30.3 Å². The predicted octanol–water partition coefficient (Wildman–Crippen LogP) is 4.20. The van der Waals surface area contributed by atoms with Crippen molar-refractivity contribution in [1.29, 1.82) is 0 Å². The molecule has 4 aromatic rings. The van der Waals surface area contributed by atoms with Gasteiger partial charge >= 0.3 is 6.01 Å². The Morgan fingerprint density at radius 2 is 1.87 bits per heavy atom. The molecule has 0 amide bonds. The molecule has 0 saturated carbocycles. The van der Waals surface area contributed by atoms with Gasteiger partial charge in [0.2, 0.25) is 0 Å². The largest absolute Gasteiger partial charge is 0.467 e. The highest BCUT2D eigenvalue weighted by Crippen LogP contribution is 2.38. The first kappa shape index (κ1) is 18.7. The van der Waals surface area contributed by atoms with Crippen molar-refractivity contribution in [2.45, 2.75) is 18.5 Å². The van der Waals surface area contributed by atoms with E-state index in [2.05, 4.69) is 25.2 Å². The zero-order valence-corrected chi connectivity index (χ0v) is 17.5. The molecule has 1 N–H and O–H groups in total. The molecule has 5 heterocycles. The zero-order valence-electron chi connectivity index (χ0n) is 16.8. The van der Waals surface area contributed by atoms with Crippen molar-refractivity contribution in [2.75, 3.05) is 25.1 Å². The molecule has 2 aromatic heterocycles. The molecule has 7 rings (SSSR count). The highest BCUT2D eigenvalue weighted by molar-refractivity contribution is 6.36. The Hall–Kier alpha value is -3.03. The third-order valence-corrected chi connectivity index (χ3v) is 6.47. The number of halogens is 2. The number of hydrogen-bond acceptors (Lipinski definition) is 6. The minimum absolute atomic E-state index is 0.140.